The molecule has 0 aromatic heterocycles. The Bertz CT molecular complexity index is 633. The first-order valence-corrected chi connectivity index (χ1v) is 7.70. The van der Waals surface area contributed by atoms with Crippen LogP contribution in [0.2, 0.25) is 0 Å². The van der Waals surface area contributed by atoms with Gasteiger partial charge in [0, 0.05) is 6.54 Å². The fraction of sp³-hybridized carbons (Fsp3) is 0.462. The van der Waals surface area contributed by atoms with Gasteiger partial charge in [-0.15, -0.1) is 0 Å². The molecule has 2 rings (SSSR count). The summed E-state index contributed by atoms with van der Waals surface area (Å²) < 4.78 is 39.6. The topological polar surface area (TPSA) is 74.7 Å². The molecule has 1 heterocycles. The van der Waals surface area contributed by atoms with E-state index in [1.54, 1.807) is 0 Å². The Morgan fingerprint density at radius 3 is 2.40 bits per heavy atom. The first-order valence-electron chi connectivity index (χ1n) is 6.26. The lowest BCUT2D eigenvalue weighted by Gasteiger charge is -2.23. The number of aliphatic carboxylic acids is 1. The largest absolute Gasteiger partial charge is 0.480 e. The van der Waals surface area contributed by atoms with E-state index in [2.05, 4.69) is 0 Å². The van der Waals surface area contributed by atoms with E-state index in [1.807, 2.05) is 0 Å². The lowest BCUT2D eigenvalue weighted by Crippen LogP contribution is -2.40. The Balaban J connectivity index is 2.54. The minimum Gasteiger partial charge on any atom is -0.480 e. The molecular weight excluding hydrogens is 285 g/mol. The van der Waals surface area contributed by atoms with Gasteiger partial charge >= 0.3 is 5.97 Å². The van der Waals surface area contributed by atoms with Gasteiger partial charge in [-0.1, -0.05) is 0 Å². The molecule has 0 spiro atoms. The zero-order valence-corrected chi connectivity index (χ0v) is 12.1. The van der Waals surface area contributed by atoms with Crippen molar-refractivity contribution in [3.05, 3.63) is 29.1 Å². The molecule has 0 bridgehead atoms. The summed E-state index contributed by atoms with van der Waals surface area (Å²) in [6.45, 7) is 3.19. The van der Waals surface area contributed by atoms with Crippen molar-refractivity contribution in [1.82, 2.24) is 4.31 Å². The average molecular weight is 301 g/mol. The second-order valence-corrected chi connectivity index (χ2v) is 6.81. The normalized spacial score (nSPS) is 20.2. The Labute approximate surface area is 117 Å². The molecule has 1 atom stereocenters. The van der Waals surface area contributed by atoms with Crippen LogP contribution in [0.1, 0.15) is 24.0 Å². The molecule has 1 aliphatic rings. The summed E-state index contributed by atoms with van der Waals surface area (Å²) in [4.78, 5) is 11.2. The van der Waals surface area contributed by atoms with Gasteiger partial charge in [0.25, 0.3) is 0 Å². The van der Waals surface area contributed by atoms with Crippen LogP contribution in [0.15, 0.2) is 17.0 Å². The molecule has 7 heteroatoms. The third-order valence-electron chi connectivity index (χ3n) is 3.48. The monoisotopic (exact) mass is 301 g/mol. The van der Waals surface area contributed by atoms with E-state index in [1.165, 1.54) is 13.8 Å². The van der Waals surface area contributed by atoms with Gasteiger partial charge in [-0.25, -0.2) is 12.8 Å². The van der Waals surface area contributed by atoms with Crippen LogP contribution in [0.3, 0.4) is 0 Å². The second kappa shape index (κ2) is 5.14. The van der Waals surface area contributed by atoms with Gasteiger partial charge in [0.05, 0.1) is 4.90 Å². The number of benzene rings is 1. The van der Waals surface area contributed by atoms with E-state index < -0.39 is 27.9 Å². The van der Waals surface area contributed by atoms with E-state index in [0.717, 1.165) is 16.4 Å². The molecule has 1 fully saturated rings. The van der Waals surface area contributed by atoms with Crippen molar-refractivity contribution >= 4 is 16.0 Å². The smallest absolute Gasteiger partial charge is 0.322 e. The van der Waals surface area contributed by atoms with Crippen molar-refractivity contribution in [3.8, 4) is 0 Å². The van der Waals surface area contributed by atoms with Crippen molar-refractivity contribution in [3.63, 3.8) is 0 Å². The van der Waals surface area contributed by atoms with Crippen LogP contribution < -0.4 is 0 Å². The summed E-state index contributed by atoms with van der Waals surface area (Å²) in [6.07, 6.45) is 0.809. The quantitative estimate of drug-likeness (QED) is 0.921. The zero-order valence-electron chi connectivity index (χ0n) is 11.3. The molecule has 0 radical (unpaired) electrons. The van der Waals surface area contributed by atoms with E-state index in [9.17, 15) is 17.6 Å². The fourth-order valence-corrected chi connectivity index (χ4v) is 4.76. The fourth-order valence-electron chi connectivity index (χ4n) is 2.70. The molecule has 1 N–H and O–H groups in total. The predicted molar refractivity (Wildman–Crippen MR) is 70.4 cm³/mol. The molecular formula is C13H16FNO4S. The number of carbonyl (C=O) groups is 1. The number of hydrogen-bond donors (Lipinski definition) is 1. The summed E-state index contributed by atoms with van der Waals surface area (Å²) in [7, 11) is -3.93. The summed E-state index contributed by atoms with van der Waals surface area (Å²) in [5.74, 6) is -1.65. The van der Waals surface area contributed by atoms with Crippen LogP contribution in [-0.4, -0.2) is 36.4 Å². The Morgan fingerprint density at radius 2 is 1.90 bits per heavy atom. The average Bonchev–Trinajstić information content (AvgIpc) is 2.75. The molecule has 0 unspecified atom stereocenters. The van der Waals surface area contributed by atoms with Crippen molar-refractivity contribution in [2.45, 2.75) is 37.6 Å². The molecule has 0 amide bonds. The Hall–Kier alpha value is -1.47. The second-order valence-electron chi connectivity index (χ2n) is 4.98. The van der Waals surface area contributed by atoms with Crippen LogP contribution in [0.25, 0.3) is 0 Å². The van der Waals surface area contributed by atoms with Crippen molar-refractivity contribution < 1.29 is 22.7 Å². The van der Waals surface area contributed by atoms with E-state index >= 15 is 0 Å². The lowest BCUT2D eigenvalue weighted by molar-refractivity contribution is -0.140. The van der Waals surface area contributed by atoms with Crippen molar-refractivity contribution in [2.24, 2.45) is 0 Å². The maximum Gasteiger partial charge on any atom is 0.322 e. The Kier molecular flexibility index (Phi) is 3.84. The van der Waals surface area contributed by atoms with Gasteiger partial charge in [-0.3, -0.25) is 4.79 Å². The van der Waals surface area contributed by atoms with Gasteiger partial charge in [-0.05, 0) is 49.9 Å². The molecule has 1 aromatic carbocycles. The van der Waals surface area contributed by atoms with Crippen LogP contribution in [0.4, 0.5) is 4.39 Å². The van der Waals surface area contributed by atoms with Gasteiger partial charge in [0.1, 0.15) is 11.9 Å². The van der Waals surface area contributed by atoms with Crippen LogP contribution >= 0.6 is 0 Å². The van der Waals surface area contributed by atoms with Crippen molar-refractivity contribution in [1.29, 1.82) is 0 Å². The van der Waals surface area contributed by atoms with Crippen LogP contribution in [0.5, 0.6) is 0 Å². The molecule has 1 aromatic rings. The highest BCUT2D eigenvalue weighted by Gasteiger charge is 2.40. The molecule has 5 nitrogen and oxygen atoms in total. The standard InChI is InChI=1S/C13H16FNO4S/c1-8-6-10(14)7-9(2)12(8)20(18,19)15-5-3-4-11(15)13(16)17/h6-7,11H,3-5H2,1-2H3,(H,16,17)/t11-/m1/s1. The van der Waals surface area contributed by atoms with E-state index in [4.69, 9.17) is 5.11 Å². The van der Waals surface area contributed by atoms with Gasteiger partial charge < -0.3 is 5.11 Å². The van der Waals surface area contributed by atoms with E-state index in [-0.39, 0.29) is 11.4 Å². The maximum absolute atomic E-state index is 13.3. The molecule has 1 aliphatic heterocycles. The number of carboxylic acid groups (broad SMARTS) is 1. The lowest BCUT2D eigenvalue weighted by atomic mass is 10.1. The van der Waals surface area contributed by atoms with Crippen molar-refractivity contribution in [2.75, 3.05) is 6.54 Å². The number of carboxylic acids is 1. The highest BCUT2D eigenvalue weighted by atomic mass is 32.2. The number of sulfonamides is 1. The van der Waals surface area contributed by atoms with Gasteiger partial charge in [0.15, 0.2) is 0 Å². The van der Waals surface area contributed by atoms with Crippen LogP contribution in [0, 0.1) is 19.7 Å². The third kappa shape index (κ3) is 2.43. The number of hydrogen-bond acceptors (Lipinski definition) is 3. The maximum atomic E-state index is 13.3. The Morgan fingerprint density at radius 1 is 1.35 bits per heavy atom. The number of halogens is 1. The number of nitrogens with zero attached hydrogens (tertiary/aromatic N) is 1. The minimum atomic E-state index is -3.93. The zero-order chi connectivity index (χ0) is 15.1. The summed E-state index contributed by atoms with van der Waals surface area (Å²) in [5, 5.41) is 9.11. The predicted octanol–water partition coefficient (Wildman–Crippen LogP) is 1.68. The molecule has 0 saturated carbocycles. The number of rotatable bonds is 3. The van der Waals surface area contributed by atoms with Gasteiger partial charge in [-0.2, -0.15) is 4.31 Å². The third-order valence-corrected chi connectivity index (χ3v) is 5.69. The first kappa shape index (κ1) is 14.9. The summed E-state index contributed by atoms with van der Waals surface area (Å²) in [5.41, 5.74) is 0.581. The minimum absolute atomic E-state index is 0.00653. The molecule has 0 aliphatic carbocycles. The van der Waals surface area contributed by atoms with Crippen LogP contribution in [-0.2, 0) is 14.8 Å². The van der Waals surface area contributed by atoms with Gasteiger partial charge in [0.2, 0.25) is 10.0 Å². The first-order chi connectivity index (χ1) is 9.25. The SMILES string of the molecule is Cc1cc(F)cc(C)c1S(=O)(=O)N1CCC[C@@H]1C(=O)O. The highest BCUT2D eigenvalue weighted by molar-refractivity contribution is 7.89. The summed E-state index contributed by atoms with van der Waals surface area (Å²) >= 11 is 0. The summed E-state index contributed by atoms with van der Waals surface area (Å²) in [6, 6.07) is 1.25. The van der Waals surface area contributed by atoms with E-state index in [0.29, 0.717) is 24.0 Å². The number of aryl methyl sites for hydroxylation is 2. The highest BCUT2D eigenvalue weighted by Crippen LogP contribution is 2.30. The molecule has 1 saturated heterocycles. The molecule has 110 valence electrons. The molecule has 20 heavy (non-hydrogen) atoms.